The molecule has 1 aromatic heterocycles. The van der Waals surface area contributed by atoms with Crippen LogP contribution >= 0.6 is 0 Å². The van der Waals surface area contributed by atoms with Crippen LogP contribution in [0.25, 0.3) is 0 Å². The van der Waals surface area contributed by atoms with Gasteiger partial charge in [0.05, 0.1) is 13.7 Å². The first-order valence-corrected chi connectivity index (χ1v) is 8.97. The Bertz CT molecular complexity index is 698. The van der Waals surface area contributed by atoms with E-state index in [9.17, 15) is 9.59 Å². The number of carbonyl (C=O) groups is 2. The number of cyclic esters (lactones) is 1. The van der Waals surface area contributed by atoms with Crippen molar-refractivity contribution in [1.82, 2.24) is 14.8 Å². The van der Waals surface area contributed by atoms with Gasteiger partial charge in [0.2, 0.25) is 5.88 Å². The van der Waals surface area contributed by atoms with E-state index in [0.29, 0.717) is 37.7 Å². The lowest BCUT2D eigenvalue weighted by Gasteiger charge is -2.35. The summed E-state index contributed by atoms with van der Waals surface area (Å²) in [7, 11) is 1.56. The Morgan fingerprint density at radius 3 is 2.76 bits per heavy atom. The molecule has 7 nitrogen and oxygen atoms in total. The standard InChI is InChI=1S/C18H23N3O4/c1-24-16-14(11-12-3-2-4-15(12)19-16)17(22)20-7-5-13(6-8-20)21-9-10-25-18(21)23/h11,13H,2-10H2,1H3. The Kier molecular flexibility index (Phi) is 4.23. The van der Waals surface area contributed by atoms with Crippen LogP contribution in [-0.4, -0.2) is 66.2 Å². The van der Waals surface area contributed by atoms with Gasteiger partial charge in [-0.3, -0.25) is 4.79 Å². The van der Waals surface area contributed by atoms with Gasteiger partial charge in [0.25, 0.3) is 5.91 Å². The second-order valence-electron chi connectivity index (χ2n) is 6.84. The lowest BCUT2D eigenvalue weighted by Crippen LogP contribution is -2.47. The number of carbonyl (C=O) groups excluding carboxylic acids is 2. The molecule has 0 spiro atoms. The molecule has 25 heavy (non-hydrogen) atoms. The fraction of sp³-hybridized carbons (Fsp3) is 0.611. The maximum atomic E-state index is 13.0. The Morgan fingerprint density at radius 1 is 1.28 bits per heavy atom. The van der Waals surface area contributed by atoms with Gasteiger partial charge < -0.3 is 19.3 Å². The van der Waals surface area contributed by atoms with E-state index >= 15 is 0 Å². The van der Waals surface area contributed by atoms with E-state index < -0.39 is 0 Å². The molecule has 3 heterocycles. The third-order valence-corrected chi connectivity index (χ3v) is 5.42. The number of hydrogen-bond donors (Lipinski definition) is 0. The van der Waals surface area contributed by atoms with Crippen LogP contribution in [0.2, 0.25) is 0 Å². The lowest BCUT2D eigenvalue weighted by molar-refractivity contribution is 0.0654. The third kappa shape index (κ3) is 2.92. The average Bonchev–Trinajstić information content (AvgIpc) is 3.28. The van der Waals surface area contributed by atoms with Crippen molar-refractivity contribution in [2.24, 2.45) is 0 Å². The fourth-order valence-electron chi connectivity index (χ4n) is 4.05. The van der Waals surface area contributed by atoms with E-state index in [2.05, 4.69) is 4.98 Å². The molecule has 134 valence electrons. The van der Waals surface area contributed by atoms with Crippen molar-refractivity contribution < 1.29 is 19.1 Å². The molecule has 0 atom stereocenters. The van der Waals surface area contributed by atoms with E-state index in [1.807, 2.05) is 11.0 Å². The predicted octanol–water partition coefficient (Wildman–Crippen LogP) is 1.64. The van der Waals surface area contributed by atoms with Gasteiger partial charge in [-0.2, -0.15) is 0 Å². The monoisotopic (exact) mass is 345 g/mol. The summed E-state index contributed by atoms with van der Waals surface area (Å²) < 4.78 is 10.4. The number of methoxy groups -OCH3 is 1. The summed E-state index contributed by atoms with van der Waals surface area (Å²) in [6.07, 6.45) is 4.35. The summed E-state index contributed by atoms with van der Waals surface area (Å²) in [6, 6.07) is 2.12. The number of amides is 2. The van der Waals surface area contributed by atoms with Crippen LogP contribution in [0.15, 0.2) is 6.07 Å². The fourth-order valence-corrected chi connectivity index (χ4v) is 4.05. The topological polar surface area (TPSA) is 72.0 Å². The zero-order valence-corrected chi connectivity index (χ0v) is 14.5. The van der Waals surface area contributed by atoms with Crippen molar-refractivity contribution >= 4 is 12.0 Å². The van der Waals surface area contributed by atoms with Gasteiger partial charge in [0.1, 0.15) is 12.2 Å². The summed E-state index contributed by atoms with van der Waals surface area (Å²) in [6.45, 7) is 2.39. The Balaban J connectivity index is 1.46. The zero-order chi connectivity index (χ0) is 17.4. The van der Waals surface area contributed by atoms with Crippen molar-refractivity contribution in [3.8, 4) is 5.88 Å². The molecule has 2 fully saturated rings. The minimum absolute atomic E-state index is 0.0264. The van der Waals surface area contributed by atoms with E-state index in [1.165, 1.54) is 5.56 Å². The van der Waals surface area contributed by atoms with E-state index in [1.54, 1.807) is 12.0 Å². The summed E-state index contributed by atoms with van der Waals surface area (Å²) in [5.74, 6) is 0.400. The number of hydrogen-bond acceptors (Lipinski definition) is 5. The highest BCUT2D eigenvalue weighted by Crippen LogP contribution is 2.28. The van der Waals surface area contributed by atoms with Crippen LogP contribution in [0.4, 0.5) is 4.79 Å². The van der Waals surface area contributed by atoms with Gasteiger partial charge in [0, 0.05) is 24.8 Å². The van der Waals surface area contributed by atoms with Gasteiger partial charge in [-0.15, -0.1) is 0 Å². The molecule has 7 heteroatoms. The second kappa shape index (κ2) is 6.54. The largest absolute Gasteiger partial charge is 0.480 e. The first kappa shape index (κ1) is 16.2. The summed E-state index contributed by atoms with van der Waals surface area (Å²) >= 11 is 0. The number of likely N-dealkylation sites (tertiary alicyclic amines) is 1. The number of pyridine rings is 1. The van der Waals surface area contributed by atoms with Crippen LogP contribution < -0.4 is 4.74 Å². The number of fused-ring (bicyclic) bond motifs is 1. The van der Waals surface area contributed by atoms with E-state index in [4.69, 9.17) is 9.47 Å². The summed E-state index contributed by atoms with van der Waals surface area (Å²) in [5, 5.41) is 0. The highest BCUT2D eigenvalue weighted by Gasteiger charge is 2.34. The number of ether oxygens (including phenoxy) is 2. The molecule has 0 saturated carbocycles. The first-order valence-electron chi connectivity index (χ1n) is 8.97. The number of aromatic nitrogens is 1. The Morgan fingerprint density at radius 2 is 2.08 bits per heavy atom. The molecule has 4 rings (SSSR count). The van der Waals surface area contributed by atoms with Crippen LogP contribution in [0.5, 0.6) is 5.88 Å². The highest BCUT2D eigenvalue weighted by molar-refractivity contribution is 5.96. The molecule has 3 aliphatic rings. The SMILES string of the molecule is COc1nc2c(cc1C(=O)N1CCC(N3CCOC3=O)CC1)CCC2. The van der Waals surface area contributed by atoms with Crippen molar-refractivity contribution in [2.75, 3.05) is 33.4 Å². The molecular weight excluding hydrogens is 322 g/mol. The third-order valence-electron chi connectivity index (χ3n) is 5.42. The summed E-state index contributed by atoms with van der Waals surface area (Å²) in [4.78, 5) is 32.8. The molecule has 0 bridgehead atoms. The Hall–Kier alpha value is -2.31. The highest BCUT2D eigenvalue weighted by atomic mass is 16.6. The van der Waals surface area contributed by atoms with Gasteiger partial charge in [-0.25, -0.2) is 9.78 Å². The molecular formula is C18H23N3O4. The number of rotatable bonds is 3. The average molecular weight is 345 g/mol. The minimum Gasteiger partial charge on any atom is -0.480 e. The molecule has 0 radical (unpaired) electrons. The van der Waals surface area contributed by atoms with Crippen molar-refractivity contribution in [2.45, 2.75) is 38.1 Å². The van der Waals surface area contributed by atoms with Crippen LogP contribution in [0.3, 0.4) is 0 Å². The first-order chi connectivity index (χ1) is 12.2. The molecule has 1 aromatic rings. The van der Waals surface area contributed by atoms with Gasteiger partial charge in [-0.05, 0) is 43.7 Å². The second-order valence-corrected chi connectivity index (χ2v) is 6.84. The van der Waals surface area contributed by atoms with Crippen molar-refractivity contribution in [1.29, 1.82) is 0 Å². The molecule has 0 N–H and O–H groups in total. The molecule has 2 amide bonds. The summed E-state index contributed by atoms with van der Waals surface area (Å²) in [5.41, 5.74) is 2.78. The van der Waals surface area contributed by atoms with E-state index in [-0.39, 0.29) is 18.0 Å². The molecule has 0 aromatic carbocycles. The maximum absolute atomic E-state index is 13.0. The maximum Gasteiger partial charge on any atom is 0.410 e. The molecule has 2 saturated heterocycles. The van der Waals surface area contributed by atoms with Gasteiger partial charge >= 0.3 is 6.09 Å². The van der Waals surface area contributed by atoms with Crippen LogP contribution in [0, 0.1) is 0 Å². The van der Waals surface area contributed by atoms with Gasteiger partial charge in [0.15, 0.2) is 0 Å². The normalized spacial score (nSPS) is 20.6. The van der Waals surface area contributed by atoms with Crippen LogP contribution in [0.1, 0.15) is 40.9 Å². The van der Waals surface area contributed by atoms with Crippen LogP contribution in [-0.2, 0) is 17.6 Å². The molecule has 2 aliphatic heterocycles. The zero-order valence-electron chi connectivity index (χ0n) is 14.5. The molecule has 0 unspecified atom stereocenters. The number of nitrogens with zero attached hydrogens (tertiary/aromatic N) is 3. The smallest absolute Gasteiger partial charge is 0.410 e. The lowest BCUT2D eigenvalue weighted by atomic mass is 10.0. The van der Waals surface area contributed by atoms with E-state index in [0.717, 1.165) is 37.8 Å². The number of piperidine rings is 1. The van der Waals surface area contributed by atoms with Gasteiger partial charge in [-0.1, -0.05) is 0 Å². The van der Waals surface area contributed by atoms with Crippen molar-refractivity contribution in [3.05, 3.63) is 22.9 Å². The minimum atomic E-state index is -0.228. The number of aryl methyl sites for hydroxylation is 2. The van der Waals surface area contributed by atoms with Crippen molar-refractivity contribution in [3.63, 3.8) is 0 Å². The Labute approximate surface area is 146 Å². The predicted molar refractivity (Wildman–Crippen MR) is 89.8 cm³/mol. The quantitative estimate of drug-likeness (QED) is 0.833. The molecule has 1 aliphatic carbocycles.